The van der Waals surface area contributed by atoms with E-state index < -0.39 is 47.5 Å². The predicted octanol–water partition coefficient (Wildman–Crippen LogP) is 3.58. The number of alkyl halides is 3. The van der Waals surface area contributed by atoms with Crippen LogP contribution in [0.4, 0.5) is 23.2 Å². The first kappa shape index (κ1) is 23.8. The Morgan fingerprint density at radius 2 is 2.03 bits per heavy atom. The molecule has 2 aliphatic heterocycles. The van der Waals surface area contributed by atoms with Crippen LogP contribution in [0.1, 0.15) is 29.5 Å². The van der Waals surface area contributed by atoms with Gasteiger partial charge >= 0.3 is 6.18 Å². The first-order valence-corrected chi connectivity index (χ1v) is 10.3. The summed E-state index contributed by atoms with van der Waals surface area (Å²) in [5, 5.41) is 12.2. The van der Waals surface area contributed by atoms with Gasteiger partial charge < -0.3 is 15.8 Å². The molecule has 8 nitrogen and oxygen atoms in total. The van der Waals surface area contributed by atoms with Gasteiger partial charge in [-0.05, 0) is 31.5 Å². The van der Waals surface area contributed by atoms with E-state index in [1.165, 1.54) is 31.5 Å². The topological polar surface area (TPSA) is 126 Å². The monoisotopic (exact) mass is 496 g/mol. The van der Waals surface area contributed by atoms with Crippen LogP contribution in [0, 0.1) is 28.5 Å². The number of aliphatic imine (C=N–C) groups is 1. The minimum absolute atomic E-state index is 0.0610. The summed E-state index contributed by atoms with van der Waals surface area (Å²) in [5.41, 5.74) is 2.47. The SMILES string of the molecule is C[C@@]1(C#N)C[C@@H]2[C@@H](C(F)(F)F)OC[C@]2(c2cc(NC(=O)c3ncc(Cl)cn3)ccc2F)N=C1N. The summed E-state index contributed by atoms with van der Waals surface area (Å²) in [7, 11) is 0. The molecule has 0 aliphatic carbocycles. The van der Waals surface area contributed by atoms with Crippen LogP contribution in [-0.2, 0) is 10.3 Å². The van der Waals surface area contributed by atoms with Crippen molar-refractivity contribution in [2.75, 3.05) is 11.9 Å². The molecule has 3 N–H and O–H groups in total. The van der Waals surface area contributed by atoms with Crippen LogP contribution in [0.15, 0.2) is 35.6 Å². The molecule has 13 heteroatoms. The number of nitrogens with zero attached hydrogens (tertiary/aromatic N) is 4. The second-order valence-electron chi connectivity index (χ2n) is 8.32. The first-order chi connectivity index (χ1) is 15.9. The predicted molar refractivity (Wildman–Crippen MR) is 112 cm³/mol. The maximum Gasteiger partial charge on any atom is 0.415 e. The lowest BCUT2D eigenvalue weighted by Gasteiger charge is -2.42. The number of nitrogens with two attached hydrogens (primary N) is 1. The van der Waals surface area contributed by atoms with Crippen molar-refractivity contribution < 1.29 is 27.1 Å². The number of ether oxygens (including phenoxy) is 1. The van der Waals surface area contributed by atoms with Gasteiger partial charge in [-0.2, -0.15) is 18.4 Å². The standard InChI is InChI=1S/C21H17ClF4N6O2/c1-19(8-27)5-13-15(21(24,25)26)34-9-20(13,32-18(19)28)12-4-11(2-3-14(12)23)31-17(33)16-29-6-10(22)7-30-16/h2-4,6-7,13,15H,5,9H2,1H3,(H2,28,32)(H,31,33)/t13-,15+,19+,20-/m1/s1. The summed E-state index contributed by atoms with van der Waals surface area (Å²) in [6.45, 7) is 0.763. The van der Waals surface area contributed by atoms with Crippen molar-refractivity contribution in [3.8, 4) is 6.07 Å². The number of halogens is 5. The zero-order chi connectivity index (χ0) is 24.9. The molecule has 0 saturated carbocycles. The van der Waals surface area contributed by atoms with Gasteiger partial charge in [0, 0.05) is 29.6 Å². The van der Waals surface area contributed by atoms with Gasteiger partial charge in [0.1, 0.15) is 22.6 Å². The van der Waals surface area contributed by atoms with Gasteiger partial charge in [-0.15, -0.1) is 0 Å². The number of carbonyl (C=O) groups excluding carboxylic acids is 1. The summed E-state index contributed by atoms with van der Waals surface area (Å²) >= 11 is 5.70. The molecule has 0 bridgehead atoms. The number of anilines is 1. The Morgan fingerprint density at radius 3 is 2.65 bits per heavy atom. The quantitative estimate of drug-likeness (QED) is 0.625. The molecule has 3 heterocycles. The number of nitrogens with one attached hydrogen (secondary N) is 1. The van der Waals surface area contributed by atoms with E-state index in [0.29, 0.717) is 0 Å². The summed E-state index contributed by atoms with van der Waals surface area (Å²) in [6, 6.07) is 5.29. The van der Waals surface area contributed by atoms with Crippen LogP contribution in [0.3, 0.4) is 0 Å². The van der Waals surface area contributed by atoms with Crippen molar-refractivity contribution in [3.63, 3.8) is 0 Å². The van der Waals surface area contributed by atoms with Crippen LogP contribution in [0.25, 0.3) is 0 Å². The molecule has 0 spiro atoms. The van der Waals surface area contributed by atoms with Crippen molar-refractivity contribution >= 4 is 29.0 Å². The molecule has 2 aliphatic rings. The zero-order valence-electron chi connectivity index (χ0n) is 17.5. The van der Waals surface area contributed by atoms with E-state index in [9.17, 15) is 23.2 Å². The van der Waals surface area contributed by atoms with Crippen molar-refractivity contribution in [3.05, 3.63) is 52.8 Å². The minimum atomic E-state index is -4.78. The molecule has 1 aromatic carbocycles. The normalized spacial score (nSPS) is 28.6. The van der Waals surface area contributed by atoms with Gasteiger partial charge in [-0.1, -0.05) is 11.6 Å². The molecule has 178 valence electrons. The van der Waals surface area contributed by atoms with E-state index >= 15 is 4.39 Å². The average molecular weight is 497 g/mol. The van der Waals surface area contributed by atoms with Gasteiger partial charge in [0.15, 0.2) is 6.10 Å². The molecule has 2 aromatic rings. The molecule has 4 atom stereocenters. The Bertz CT molecular complexity index is 1220. The number of benzene rings is 1. The number of fused-ring (bicyclic) bond motifs is 1. The average Bonchev–Trinajstić information content (AvgIpc) is 3.14. The fraction of sp³-hybridized carbons (Fsp3) is 0.381. The van der Waals surface area contributed by atoms with Crippen molar-refractivity contribution in [2.24, 2.45) is 22.1 Å². The molecule has 1 saturated heterocycles. The minimum Gasteiger partial charge on any atom is -0.386 e. The Kier molecular flexibility index (Phi) is 5.73. The summed E-state index contributed by atoms with van der Waals surface area (Å²) < 4.78 is 61.5. The lowest BCUT2D eigenvalue weighted by Crippen LogP contribution is -2.51. The highest BCUT2D eigenvalue weighted by molar-refractivity contribution is 6.30. The number of rotatable bonds is 3. The summed E-state index contributed by atoms with van der Waals surface area (Å²) in [4.78, 5) is 24.3. The lowest BCUT2D eigenvalue weighted by molar-refractivity contribution is -0.218. The van der Waals surface area contributed by atoms with Crippen LogP contribution in [0.2, 0.25) is 5.02 Å². The third kappa shape index (κ3) is 3.95. The Morgan fingerprint density at radius 1 is 1.35 bits per heavy atom. The molecule has 34 heavy (non-hydrogen) atoms. The van der Waals surface area contributed by atoms with E-state index in [-0.39, 0.29) is 34.4 Å². The highest BCUT2D eigenvalue weighted by Crippen LogP contribution is 2.55. The summed E-state index contributed by atoms with van der Waals surface area (Å²) in [5.74, 6) is -3.49. The van der Waals surface area contributed by atoms with Crippen molar-refractivity contribution in [2.45, 2.75) is 31.2 Å². The third-order valence-corrected chi connectivity index (χ3v) is 6.25. The molecule has 1 fully saturated rings. The van der Waals surface area contributed by atoms with Gasteiger partial charge in [-0.3, -0.25) is 9.79 Å². The molecule has 1 amide bonds. The Labute approximate surface area is 195 Å². The van der Waals surface area contributed by atoms with E-state index in [1.54, 1.807) is 0 Å². The van der Waals surface area contributed by atoms with Gasteiger partial charge in [-0.25, -0.2) is 14.4 Å². The van der Waals surface area contributed by atoms with Crippen molar-refractivity contribution in [1.82, 2.24) is 9.97 Å². The maximum atomic E-state index is 15.1. The van der Waals surface area contributed by atoms with Gasteiger partial charge in [0.05, 0.1) is 17.7 Å². The third-order valence-electron chi connectivity index (χ3n) is 6.06. The van der Waals surface area contributed by atoms with Crippen molar-refractivity contribution in [1.29, 1.82) is 5.26 Å². The summed E-state index contributed by atoms with van der Waals surface area (Å²) in [6.07, 6.45) is -4.99. The van der Waals surface area contributed by atoms with E-state index in [0.717, 1.165) is 6.07 Å². The van der Waals surface area contributed by atoms with E-state index in [2.05, 4.69) is 20.3 Å². The lowest BCUT2D eigenvalue weighted by atomic mass is 9.66. The van der Waals surface area contributed by atoms with E-state index in [1.807, 2.05) is 6.07 Å². The number of nitriles is 1. The molecule has 0 radical (unpaired) electrons. The second-order valence-corrected chi connectivity index (χ2v) is 8.76. The maximum absolute atomic E-state index is 15.1. The van der Waals surface area contributed by atoms with Gasteiger partial charge in [0.25, 0.3) is 5.91 Å². The fourth-order valence-corrected chi connectivity index (χ4v) is 4.38. The number of amidine groups is 1. The molecule has 1 aromatic heterocycles. The highest BCUT2D eigenvalue weighted by atomic mass is 35.5. The number of hydrogen-bond donors (Lipinski definition) is 2. The first-order valence-electron chi connectivity index (χ1n) is 9.94. The number of hydrogen-bond acceptors (Lipinski definition) is 7. The molecular formula is C21H17ClF4N6O2. The fourth-order valence-electron chi connectivity index (χ4n) is 4.28. The smallest absolute Gasteiger partial charge is 0.386 e. The van der Waals surface area contributed by atoms with Crippen LogP contribution in [0.5, 0.6) is 0 Å². The highest BCUT2D eigenvalue weighted by Gasteiger charge is 2.64. The van der Waals surface area contributed by atoms with Crippen LogP contribution < -0.4 is 11.1 Å². The van der Waals surface area contributed by atoms with Crippen LogP contribution in [-0.4, -0.2) is 40.6 Å². The number of carbonyl (C=O) groups is 1. The number of aromatic nitrogens is 2. The second kappa shape index (κ2) is 8.18. The molecule has 4 rings (SSSR count). The van der Waals surface area contributed by atoms with Gasteiger partial charge in [0.2, 0.25) is 5.82 Å². The van der Waals surface area contributed by atoms with E-state index in [4.69, 9.17) is 22.1 Å². The zero-order valence-corrected chi connectivity index (χ0v) is 18.3. The Balaban J connectivity index is 1.78. The Hall–Kier alpha value is -3.30. The number of amides is 1. The molecular weight excluding hydrogens is 480 g/mol. The largest absolute Gasteiger partial charge is 0.415 e. The van der Waals surface area contributed by atoms with Crippen LogP contribution >= 0.6 is 11.6 Å². The molecule has 0 unspecified atom stereocenters.